The van der Waals surface area contributed by atoms with Gasteiger partial charge in [0, 0.05) is 6.07 Å². The highest BCUT2D eigenvalue weighted by Crippen LogP contribution is 1.92. The second kappa shape index (κ2) is 5.03. The lowest BCUT2D eigenvalue weighted by molar-refractivity contribution is -0.687. The van der Waals surface area contributed by atoms with Crippen molar-refractivity contribution in [3.8, 4) is 0 Å². The zero-order chi connectivity index (χ0) is 8.97. The number of carbonyl (C=O) groups is 1. The number of pyridine rings is 1. The first-order valence-electron chi connectivity index (χ1n) is 3.57. The van der Waals surface area contributed by atoms with E-state index in [0.29, 0.717) is 12.1 Å². The minimum atomic E-state index is -0.909. The molecule has 0 spiro atoms. The molecule has 0 amide bonds. The molecule has 3 nitrogen and oxygen atoms in total. The Bertz CT molecular complexity index is 312. The van der Waals surface area contributed by atoms with Crippen LogP contribution in [0.15, 0.2) is 37.2 Å². The monoisotopic (exact) mass is 183 g/mol. The van der Waals surface area contributed by atoms with Crippen molar-refractivity contribution in [2.24, 2.45) is 0 Å². The Morgan fingerprint density at radius 3 is 2.92 bits per heavy atom. The molecule has 0 radical (unpaired) electrons. The van der Waals surface area contributed by atoms with Crippen molar-refractivity contribution in [3.05, 3.63) is 42.7 Å². The quantitative estimate of drug-likeness (QED) is 0.429. The van der Waals surface area contributed by atoms with Gasteiger partial charge in [0.15, 0.2) is 18.9 Å². The Morgan fingerprint density at radius 1 is 1.69 bits per heavy atom. The number of aromatic nitrogens is 1. The summed E-state index contributed by atoms with van der Waals surface area (Å²) in [5.41, 5.74) is 0.291. The molecular formula is C9H10FNO2. The van der Waals surface area contributed by atoms with Gasteiger partial charge in [-0.15, -0.1) is 0 Å². The van der Waals surface area contributed by atoms with Crippen molar-refractivity contribution in [2.75, 3.05) is 0 Å². The van der Waals surface area contributed by atoms with E-state index in [9.17, 15) is 4.79 Å². The first-order chi connectivity index (χ1) is 5.74. The van der Waals surface area contributed by atoms with Crippen molar-refractivity contribution in [1.82, 2.24) is 0 Å². The molecule has 0 atom stereocenters. The molecule has 0 fully saturated rings. The van der Waals surface area contributed by atoms with Gasteiger partial charge in [0.1, 0.15) is 5.56 Å². The molecule has 0 aliphatic rings. The summed E-state index contributed by atoms with van der Waals surface area (Å²) < 4.78 is 1.76. The highest BCUT2D eigenvalue weighted by atomic mass is 19.0. The molecule has 0 saturated carbocycles. The number of hydrogen-bond donors (Lipinski definition) is 1. The number of hydrogen-bond acceptors (Lipinski definition) is 1. The Labute approximate surface area is 75.3 Å². The average molecular weight is 183 g/mol. The molecule has 1 N–H and O–H groups in total. The standard InChI is InChI=1S/C9H9NO2.FH/c1-2-5-10-6-3-4-8(7-10)9(11)12;/h2-4,6-7H,1,5H2;1H. The van der Waals surface area contributed by atoms with Gasteiger partial charge < -0.3 is 9.81 Å². The van der Waals surface area contributed by atoms with Crippen molar-refractivity contribution >= 4 is 5.97 Å². The number of carboxylic acid groups (broad SMARTS) is 1. The molecular weight excluding hydrogens is 173 g/mol. The summed E-state index contributed by atoms with van der Waals surface area (Å²) in [5, 5.41) is 8.64. The summed E-state index contributed by atoms with van der Waals surface area (Å²) in [6.45, 7) is 4.19. The van der Waals surface area contributed by atoms with E-state index in [1.54, 1.807) is 35.2 Å². The first kappa shape index (κ1) is 11.3. The third-order valence-electron chi connectivity index (χ3n) is 1.45. The van der Waals surface area contributed by atoms with Gasteiger partial charge in [0.25, 0.3) is 0 Å². The van der Waals surface area contributed by atoms with Crippen LogP contribution in [0.2, 0.25) is 0 Å². The van der Waals surface area contributed by atoms with Gasteiger partial charge in [0.2, 0.25) is 0 Å². The summed E-state index contributed by atoms with van der Waals surface area (Å²) in [4.78, 5) is 10.5. The second-order valence-electron chi connectivity index (χ2n) is 2.38. The maximum Gasteiger partial charge on any atom is 0.341 e. The van der Waals surface area contributed by atoms with E-state index in [1.807, 2.05) is 0 Å². The molecule has 0 saturated heterocycles. The van der Waals surface area contributed by atoms with E-state index in [-0.39, 0.29) is 4.70 Å². The Hall–Kier alpha value is -1.71. The van der Waals surface area contributed by atoms with Crippen molar-refractivity contribution in [1.29, 1.82) is 0 Å². The topological polar surface area (TPSA) is 41.2 Å². The van der Waals surface area contributed by atoms with Crippen LogP contribution in [0.5, 0.6) is 0 Å². The van der Waals surface area contributed by atoms with Crippen LogP contribution in [0.4, 0.5) is 0 Å². The predicted octanol–water partition coefficient (Wildman–Crippen LogP) is -2.14. The summed E-state index contributed by atoms with van der Waals surface area (Å²) in [7, 11) is 0. The highest BCUT2D eigenvalue weighted by Gasteiger charge is 2.06. The van der Waals surface area contributed by atoms with Crippen molar-refractivity contribution < 1.29 is 19.2 Å². The van der Waals surface area contributed by atoms with Crippen molar-refractivity contribution in [2.45, 2.75) is 6.54 Å². The number of allylic oxidation sites excluding steroid dienone is 1. The first-order valence-corrected chi connectivity index (χ1v) is 3.57. The summed E-state index contributed by atoms with van der Waals surface area (Å²) >= 11 is 0. The zero-order valence-electron chi connectivity index (χ0n) is 6.98. The smallest absolute Gasteiger partial charge is 0.341 e. The molecule has 1 heterocycles. The van der Waals surface area contributed by atoms with E-state index >= 15 is 0 Å². The number of halogens is 1. The summed E-state index contributed by atoms with van der Waals surface area (Å²) in [6, 6.07) is 3.26. The van der Waals surface area contributed by atoms with Crippen LogP contribution < -0.4 is 9.27 Å². The molecule has 0 aromatic carbocycles. The van der Waals surface area contributed by atoms with Gasteiger partial charge in [-0.05, 0) is 12.1 Å². The molecule has 0 bridgehead atoms. The fraction of sp³-hybridized carbons (Fsp3) is 0.111. The number of rotatable bonds is 3. The number of nitrogens with zero attached hydrogens (tertiary/aromatic N) is 1. The van der Waals surface area contributed by atoms with E-state index in [1.165, 1.54) is 0 Å². The fourth-order valence-corrected chi connectivity index (χ4v) is 0.911. The van der Waals surface area contributed by atoms with Crippen LogP contribution >= 0.6 is 0 Å². The maximum absolute atomic E-state index is 10.5. The third-order valence-corrected chi connectivity index (χ3v) is 1.45. The number of carboxylic acids is 1. The molecule has 0 aliphatic carbocycles. The Balaban J connectivity index is 0.00000144. The maximum atomic E-state index is 10.5. The molecule has 13 heavy (non-hydrogen) atoms. The summed E-state index contributed by atoms with van der Waals surface area (Å²) in [6.07, 6.45) is 5.09. The van der Waals surface area contributed by atoms with Gasteiger partial charge in [-0.1, -0.05) is 6.58 Å². The SMILES string of the molecule is C=CC[n+]1cccc(C(=O)O)c1.[F-]. The van der Waals surface area contributed by atoms with Crippen LogP contribution in [0.25, 0.3) is 0 Å². The zero-order valence-corrected chi connectivity index (χ0v) is 6.98. The molecule has 0 aliphatic heterocycles. The average Bonchev–Trinajstić information content (AvgIpc) is 2.05. The lowest BCUT2D eigenvalue weighted by Gasteiger charge is -1.92. The van der Waals surface area contributed by atoms with Crippen LogP contribution in [0.3, 0.4) is 0 Å². The van der Waals surface area contributed by atoms with Gasteiger partial charge >= 0.3 is 5.97 Å². The fourth-order valence-electron chi connectivity index (χ4n) is 0.911. The predicted molar refractivity (Wildman–Crippen MR) is 43.8 cm³/mol. The van der Waals surface area contributed by atoms with E-state index in [0.717, 1.165) is 0 Å². The lowest BCUT2D eigenvalue weighted by Crippen LogP contribution is -3.00. The molecule has 1 aromatic heterocycles. The lowest BCUT2D eigenvalue weighted by atomic mass is 10.3. The van der Waals surface area contributed by atoms with Crippen LogP contribution in [0, 0.1) is 0 Å². The largest absolute Gasteiger partial charge is 1.00 e. The normalized spacial score (nSPS) is 8.62. The molecule has 70 valence electrons. The van der Waals surface area contributed by atoms with Crippen molar-refractivity contribution in [3.63, 3.8) is 0 Å². The minimum Gasteiger partial charge on any atom is -1.00 e. The third kappa shape index (κ3) is 3.02. The van der Waals surface area contributed by atoms with E-state index < -0.39 is 5.97 Å². The van der Waals surface area contributed by atoms with Crippen LogP contribution in [-0.2, 0) is 6.54 Å². The van der Waals surface area contributed by atoms with Crippen LogP contribution in [0.1, 0.15) is 10.4 Å². The summed E-state index contributed by atoms with van der Waals surface area (Å²) in [5.74, 6) is -0.909. The Kier molecular flexibility index (Phi) is 4.37. The van der Waals surface area contributed by atoms with Gasteiger partial charge in [-0.25, -0.2) is 9.36 Å². The number of aromatic carboxylic acids is 1. The molecule has 0 unspecified atom stereocenters. The highest BCUT2D eigenvalue weighted by molar-refractivity contribution is 5.86. The van der Waals surface area contributed by atoms with E-state index in [2.05, 4.69) is 6.58 Å². The Morgan fingerprint density at radius 2 is 2.38 bits per heavy atom. The van der Waals surface area contributed by atoms with E-state index in [4.69, 9.17) is 5.11 Å². The van der Waals surface area contributed by atoms with Gasteiger partial charge in [-0.2, -0.15) is 0 Å². The van der Waals surface area contributed by atoms with Crippen LogP contribution in [-0.4, -0.2) is 11.1 Å². The van der Waals surface area contributed by atoms with Gasteiger partial charge in [0.05, 0.1) is 0 Å². The molecule has 4 heteroatoms. The van der Waals surface area contributed by atoms with Gasteiger partial charge in [-0.3, -0.25) is 0 Å². The second-order valence-corrected chi connectivity index (χ2v) is 2.38. The molecule has 1 aromatic rings. The molecule has 1 rings (SSSR count). The minimum absolute atomic E-state index is 0.